The number of carbonyl (C=O) groups is 3. The van der Waals surface area contributed by atoms with Crippen LogP contribution in [0.4, 0.5) is 4.79 Å². The maximum atomic E-state index is 11.8. The predicted molar refractivity (Wildman–Crippen MR) is 65.7 cm³/mol. The molecule has 0 aliphatic heterocycles. The van der Waals surface area contributed by atoms with Crippen LogP contribution in [-0.4, -0.2) is 67.9 Å². The average molecular weight is 276 g/mol. The molecule has 0 bridgehead atoms. The zero-order valence-corrected chi connectivity index (χ0v) is 11.3. The minimum absolute atomic E-state index is 0.0368. The van der Waals surface area contributed by atoms with Gasteiger partial charge in [0, 0.05) is 20.2 Å². The molecular formula is C11H20N2O6. The van der Waals surface area contributed by atoms with Crippen LogP contribution in [0.2, 0.25) is 0 Å². The fourth-order valence-corrected chi connectivity index (χ4v) is 1.18. The van der Waals surface area contributed by atoms with Crippen LogP contribution >= 0.6 is 0 Å². The van der Waals surface area contributed by atoms with E-state index in [9.17, 15) is 14.4 Å². The third kappa shape index (κ3) is 7.24. The van der Waals surface area contributed by atoms with Crippen molar-refractivity contribution in [3.63, 3.8) is 0 Å². The van der Waals surface area contributed by atoms with Gasteiger partial charge in [0.15, 0.2) is 0 Å². The minimum Gasteiger partial charge on any atom is -0.480 e. The number of nitrogens with one attached hydrogen (secondary N) is 1. The number of hydrogen-bond donors (Lipinski definition) is 2. The SMILES string of the molecule is COCCN(CCC(=O)OC)C(=O)NC(C)C(=O)O. The number of hydrogen-bond acceptors (Lipinski definition) is 5. The molecular weight excluding hydrogens is 256 g/mol. The molecule has 0 saturated heterocycles. The molecule has 8 heteroatoms. The highest BCUT2D eigenvalue weighted by Gasteiger charge is 2.19. The largest absolute Gasteiger partial charge is 0.480 e. The quantitative estimate of drug-likeness (QED) is 0.589. The zero-order valence-electron chi connectivity index (χ0n) is 11.3. The molecule has 0 heterocycles. The lowest BCUT2D eigenvalue weighted by molar-refractivity contribution is -0.141. The number of nitrogens with zero attached hydrogens (tertiary/aromatic N) is 1. The highest BCUT2D eigenvalue weighted by atomic mass is 16.5. The van der Waals surface area contributed by atoms with Crippen molar-refractivity contribution >= 4 is 18.0 Å². The van der Waals surface area contributed by atoms with Crippen LogP contribution in [0.1, 0.15) is 13.3 Å². The first-order valence-corrected chi connectivity index (χ1v) is 5.76. The number of carbonyl (C=O) groups excluding carboxylic acids is 2. The third-order valence-corrected chi connectivity index (χ3v) is 2.38. The van der Waals surface area contributed by atoms with Crippen LogP contribution < -0.4 is 5.32 Å². The van der Waals surface area contributed by atoms with Gasteiger partial charge in [-0.15, -0.1) is 0 Å². The Morgan fingerprint density at radius 3 is 2.37 bits per heavy atom. The molecule has 2 amide bonds. The summed E-state index contributed by atoms with van der Waals surface area (Å²) in [5.41, 5.74) is 0. The molecule has 0 aromatic rings. The van der Waals surface area contributed by atoms with Crippen LogP contribution in [0, 0.1) is 0 Å². The van der Waals surface area contributed by atoms with E-state index in [1.165, 1.54) is 26.0 Å². The summed E-state index contributed by atoms with van der Waals surface area (Å²) in [5.74, 6) is -1.57. The fraction of sp³-hybridized carbons (Fsp3) is 0.727. The van der Waals surface area contributed by atoms with Gasteiger partial charge in [0.05, 0.1) is 20.1 Å². The average Bonchev–Trinajstić information content (AvgIpc) is 2.37. The Balaban J connectivity index is 4.41. The van der Waals surface area contributed by atoms with Gasteiger partial charge in [-0.1, -0.05) is 0 Å². The van der Waals surface area contributed by atoms with Gasteiger partial charge in [-0.2, -0.15) is 0 Å². The molecule has 0 aliphatic carbocycles. The molecule has 0 fully saturated rings. The summed E-state index contributed by atoms with van der Waals surface area (Å²) in [6.07, 6.45) is 0.0368. The van der Waals surface area contributed by atoms with Crippen molar-refractivity contribution in [3.8, 4) is 0 Å². The van der Waals surface area contributed by atoms with Crippen molar-refractivity contribution in [2.24, 2.45) is 0 Å². The van der Waals surface area contributed by atoms with E-state index in [1.54, 1.807) is 0 Å². The number of methoxy groups -OCH3 is 2. The molecule has 2 N–H and O–H groups in total. The van der Waals surface area contributed by atoms with Crippen LogP contribution in [-0.2, 0) is 19.1 Å². The van der Waals surface area contributed by atoms with Gasteiger partial charge in [-0.05, 0) is 6.92 Å². The first-order valence-electron chi connectivity index (χ1n) is 5.76. The Morgan fingerprint density at radius 1 is 1.26 bits per heavy atom. The molecule has 0 spiro atoms. The smallest absolute Gasteiger partial charge is 0.325 e. The molecule has 0 radical (unpaired) electrons. The normalized spacial score (nSPS) is 11.5. The summed E-state index contributed by atoms with van der Waals surface area (Å²) < 4.78 is 9.34. The Kier molecular flexibility index (Phi) is 8.27. The van der Waals surface area contributed by atoms with Crippen LogP contribution in [0.15, 0.2) is 0 Å². The molecule has 1 atom stereocenters. The maximum Gasteiger partial charge on any atom is 0.325 e. The van der Waals surface area contributed by atoms with Crippen molar-refractivity contribution in [3.05, 3.63) is 0 Å². The van der Waals surface area contributed by atoms with E-state index in [4.69, 9.17) is 9.84 Å². The number of carboxylic acid groups (broad SMARTS) is 1. The Hall–Kier alpha value is -1.83. The van der Waals surface area contributed by atoms with E-state index in [2.05, 4.69) is 10.1 Å². The van der Waals surface area contributed by atoms with E-state index in [1.807, 2.05) is 0 Å². The summed E-state index contributed by atoms with van der Waals surface area (Å²) in [6, 6.07) is -1.56. The topological polar surface area (TPSA) is 105 Å². The number of urea groups is 1. The molecule has 8 nitrogen and oxygen atoms in total. The summed E-state index contributed by atoms with van der Waals surface area (Å²) in [6.45, 7) is 2.03. The van der Waals surface area contributed by atoms with Crippen molar-refractivity contribution in [1.29, 1.82) is 0 Å². The molecule has 1 unspecified atom stereocenters. The van der Waals surface area contributed by atoms with E-state index < -0.39 is 24.0 Å². The number of amides is 2. The number of esters is 1. The van der Waals surface area contributed by atoms with Crippen molar-refractivity contribution in [2.45, 2.75) is 19.4 Å². The minimum atomic E-state index is -1.13. The highest BCUT2D eigenvalue weighted by Crippen LogP contribution is 1.96. The van der Waals surface area contributed by atoms with Crippen molar-refractivity contribution in [1.82, 2.24) is 10.2 Å². The van der Waals surface area contributed by atoms with E-state index in [-0.39, 0.29) is 26.1 Å². The molecule has 0 saturated carbocycles. The predicted octanol–water partition coefficient (Wildman–Crippen LogP) is -0.319. The van der Waals surface area contributed by atoms with Crippen molar-refractivity contribution in [2.75, 3.05) is 33.9 Å². The van der Waals surface area contributed by atoms with Gasteiger partial charge in [0.1, 0.15) is 6.04 Å². The second-order valence-corrected chi connectivity index (χ2v) is 3.82. The van der Waals surface area contributed by atoms with E-state index in [0.717, 1.165) is 0 Å². The Morgan fingerprint density at radius 2 is 1.89 bits per heavy atom. The molecule has 0 aromatic heterocycles. The van der Waals surface area contributed by atoms with Gasteiger partial charge in [-0.3, -0.25) is 9.59 Å². The summed E-state index contributed by atoms with van der Waals surface area (Å²) in [7, 11) is 2.74. The lowest BCUT2D eigenvalue weighted by Gasteiger charge is -2.23. The summed E-state index contributed by atoms with van der Waals surface area (Å²) >= 11 is 0. The molecule has 0 rings (SSSR count). The Labute approximate surface area is 111 Å². The van der Waals surface area contributed by atoms with Gasteiger partial charge in [0.2, 0.25) is 0 Å². The van der Waals surface area contributed by atoms with Crippen LogP contribution in [0.3, 0.4) is 0 Å². The first-order chi connectivity index (χ1) is 8.92. The molecule has 0 aliphatic rings. The van der Waals surface area contributed by atoms with Gasteiger partial charge >= 0.3 is 18.0 Å². The zero-order chi connectivity index (χ0) is 14.8. The molecule has 0 aromatic carbocycles. The molecule has 19 heavy (non-hydrogen) atoms. The molecule has 110 valence electrons. The summed E-state index contributed by atoms with van der Waals surface area (Å²) in [5, 5.41) is 11.0. The number of aliphatic carboxylic acids is 1. The van der Waals surface area contributed by atoms with E-state index in [0.29, 0.717) is 0 Å². The lowest BCUT2D eigenvalue weighted by atomic mass is 10.3. The van der Waals surface area contributed by atoms with Gasteiger partial charge < -0.3 is 24.8 Å². The van der Waals surface area contributed by atoms with Crippen LogP contribution in [0.25, 0.3) is 0 Å². The van der Waals surface area contributed by atoms with Gasteiger partial charge in [-0.25, -0.2) is 4.79 Å². The first kappa shape index (κ1) is 17.2. The number of rotatable bonds is 8. The van der Waals surface area contributed by atoms with Crippen LogP contribution in [0.5, 0.6) is 0 Å². The number of ether oxygens (including phenoxy) is 2. The third-order valence-electron chi connectivity index (χ3n) is 2.38. The van der Waals surface area contributed by atoms with Crippen molar-refractivity contribution < 1.29 is 29.0 Å². The standard InChI is InChI=1S/C11H20N2O6/c1-8(10(15)16)12-11(17)13(6-7-18-2)5-4-9(14)19-3/h8H,4-7H2,1-3H3,(H,12,17)(H,15,16). The Bertz CT molecular complexity index is 320. The second kappa shape index (κ2) is 9.15. The van der Waals surface area contributed by atoms with Gasteiger partial charge in [0.25, 0.3) is 0 Å². The fourth-order valence-electron chi connectivity index (χ4n) is 1.18. The number of carboxylic acids is 1. The van der Waals surface area contributed by atoms with E-state index >= 15 is 0 Å². The lowest BCUT2D eigenvalue weighted by Crippen LogP contribution is -2.48. The second-order valence-electron chi connectivity index (χ2n) is 3.82. The maximum absolute atomic E-state index is 11.8. The monoisotopic (exact) mass is 276 g/mol. The summed E-state index contributed by atoms with van der Waals surface area (Å²) in [4.78, 5) is 34.8. The highest BCUT2D eigenvalue weighted by molar-refractivity contribution is 5.82.